The Morgan fingerprint density at radius 2 is 2.15 bits per heavy atom. The fraction of sp³-hybridized carbons (Fsp3) is 0.286. The molecule has 2 heterocycles. The van der Waals surface area contributed by atoms with Crippen LogP contribution in [0.5, 0.6) is 11.5 Å². The molecule has 2 N–H and O–H groups in total. The molecule has 2 aromatic rings. The number of nitrogens with one attached hydrogen (secondary N) is 2. The highest BCUT2D eigenvalue weighted by Crippen LogP contribution is 2.43. The largest absolute Gasteiger partial charge is 0.497 e. The third-order valence-electron chi connectivity index (χ3n) is 3.43. The molecule has 6 heteroatoms. The lowest BCUT2D eigenvalue weighted by Crippen LogP contribution is -2.24. The number of hydrogen-bond acceptors (Lipinski definition) is 4. The van der Waals surface area contributed by atoms with E-state index in [0.717, 1.165) is 11.4 Å². The summed E-state index contributed by atoms with van der Waals surface area (Å²) in [5.41, 5.74) is 1.63. The predicted molar refractivity (Wildman–Crippen MR) is 73.2 cm³/mol. The second kappa shape index (κ2) is 4.88. The van der Waals surface area contributed by atoms with Gasteiger partial charge >= 0.3 is 0 Å². The summed E-state index contributed by atoms with van der Waals surface area (Å²) in [4.78, 5) is 19.2. The second-order valence-corrected chi connectivity index (χ2v) is 4.57. The van der Waals surface area contributed by atoms with Crippen molar-refractivity contribution in [3.63, 3.8) is 0 Å². The van der Waals surface area contributed by atoms with Gasteiger partial charge in [-0.1, -0.05) is 0 Å². The molecule has 0 aliphatic carbocycles. The van der Waals surface area contributed by atoms with Crippen LogP contribution in [0.2, 0.25) is 0 Å². The zero-order chi connectivity index (χ0) is 14.1. The Morgan fingerprint density at radius 1 is 1.30 bits per heavy atom. The highest BCUT2D eigenvalue weighted by Gasteiger charge is 2.31. The molecular weight excluding hydrogens is 258 g/mol. The number of anilines is 1. The van der Waals surface area contributed by atoms with Gasteiger partial charge in [-0.25, -0.2) is 4.98 Å². The lowest BCUT2D eigenvalue weighted by Gasteiger charge is -2.26. The Kier molecular flexibility index (Phi) is 3.06. The second-order valence-electron chi connectivity index (χ2n) is 4.57. The van der Waals surface area contributed by atoms with Crippen molar-refractivity contribution in [3.05, 3.63) is 35.9 Å². The van der Waals surface area contributed by atoms with Crippen LogP contribution >= 0.6 is 0 Å². The first-order valence-corrected chi connectivity index (χ1v) is 6.28. The van der Waals surface area contributed by atoms with Gasteiger partial charge in [-0.2, -0.15) is 0 Å². The van der Waals surface area contributed by atoms with Gasteiger partial charge in [0.1, 0.15) is 17.3 Å². The molecule has 1 amide bonds. The van der Waals surface area contributed by atoms with Crippen LogP contribution in [0.25, 0.3) is 0 Å². The van der Waals surface area contributed by atoms with Crippen molar-refractivity contribution in [2.75, 3.05) is 19.5 Å². The fourth-order valence-corrected chi connectivity index (χ4v) is 2.54. The van der Waals surface area contributed by atoms with Crippen LogP contribution in [0.3, 0.4) is 0 Å². The summed E-state index contributed by atoms with van der Waals surface area (Å²) >= 11 is 0. The summed E-state index contributed by atoms with van der Waals surface area (Å²) in [6.07, 6.45) is 3.76. The van der Waals surface area contributed by atoms with Crippen molar-refractivity contribution in [1.29, 1.82) is 0 Å². The normalized spacial score (nSPS) is 17.3. The van der Waals surface area contributed by atoms with Crippen LogP contribution in [-0.2, 0) is 4.79 Å². The number of amides is 1. The van der Waals surface area contributed by atoms with Gasteiger partial charge in [0.05, 0.1) is 25.8 Å². The highest BCUT2D eigenvalue weighted by atomic mass is 16.5. The smallest absolute Gasteiger partial charge is 0.225 e. The summed E-state index contributed by atoms with van der Waals surface area (Å²) in [5.74, 6) is 1.88. The molecule has 0 fully saturated rings. The zero-order valence-electron chi connectivity index (χ0n) is 11.3. The van der Waals surface area contributed by atoms with E-state index in [1.165, 1.54) is 0 Å². The third-order valence-corrected chi connectivity index (χ3v) is 3.43. The average Bonchev–Trinajstić information content (AvgIpc) is 2.98. The van der Waals surface area contributed by atoms with Crippen molar-refractivity contribution < 1.29 is 14.3 Å². The van der Waals surface area contributed by atoms with Crippen molar-refractivity contribution in [2.24, 2.45) is 0 Å². The Bertz CT molecular complexity index is 637. The summed E-state index contributed by atoms with van der Waals surface area (Å²) in [6, 6.07) is 3.61. The number of imidazole rings is 1. The van der Waals surface area contributed by atoms with Crippen LogP contribution in [-0.4, -0.2) is 30.1 Å². The van der Waals surface area contributed by atoms with E-state index in [1.54, 1.807) is 32.7 Å². The number of aromatic amines is 1. The van der Waals surface area contributed by atoms with Gasteiger partial charge in [0.15, 0.2) is 0 Å². The lowest BCUT2D eigenvalue weighted by molar-refractivity contribution is -0.116. The summed E-state index contributed by atoms with van der Waals surface area (Å²) in [7, 11) is 3.18. The van der Waals surface area contributed by atoms with Crippen LogP contribution in [0.4, 0.5) is 5.69 Å². The highest BCUT2D eigenvalue weighted by molar-refractivity contribution is 5.96. The Hall–Kier alpha value is -2.50. The molecule has 0 saturated heterocycles. The number of methoxy groups -OCH3 is 2. The maximum atomic E-state index is 11.9. The van der Waals surface area contributed by atoms with Gasteiger partial charge in [0, 0.05) is 36.5 Å². The van der Waals surface area contributed by atoms with E-state index < -0.39 is 0 Å². The molecule has 104 valence electrons. The van der Waals surface area contributed by atoms with Crippen LogP contribution < -0.4 is 14.8 Å². The third kappa shape index (κ3) is 1.99. The minimum absolute atomic E-state index is 0.0470. The minimum atomic E-state index is -0.144. The number of aromatic nitrogens is 2. The van der Waals surface area contributed by atoms with Gasteiger partial charge in [-0.05, 0) is 0 Å². The van der Waals surface area contributed by atoms with Crippen LogP contribution in [0.1, 0.15) is 23.7 Å². The number of fused-ring (bicyclic) bond motifs is 1. The standard InChI is InChI=1S/C14H15N3O3/c1-19-8-5-10-13(11(6-8)20-2)9(7-12(18)17-10)14-15-3-4-16-14/h3-6,9H,7H2,1-2H3,(H,15,16)(H,17,18). The van der Waals surface area contributed by atoms with E-state index in [0.29, 0.717) is 23.6 Å². The fourth-order valence-electron chi connectivity index (χ4n) is 2.54. The molecule has 0 saturated carbocycles. The van der Waals surface area contributed by atoms with Gasteiger partial charge in [0.25, 0.3) is 0 Å². The number of rotatable bonds is 3. The molecule has 1 aromatic heterocycles. The van der Waals surface area contributed by atoms with E-state index in [-0.39, 0.29) is 11.8 Å². The molecule has 20 heavy (non-hydrogen) atoms. The molecule has 1 aliphatic heterocycles. The van der Waals surface area contributed by atoms with E-state index >= 15 is 0 Å². The Labute approximate surface area is 116 Å². The molecule has 3 rings (SSSR count). The SMILES string of the molecule is COc1cc2c(c(OC)c1)C(c1ncc[nH]1)CC(=O)N2. The van der Waals surface area contributed by atoms with E-state index in [9.17, 15) is 4.79 Å². The van der Waals surface area contributed by atoms with E-state index in [4.69, 9.17) is 9.47 Å². The minimum Gasteiger partial charge on any atom is -0.497 e. The van der Waals surface area contributed by atoms with Crippen LogP contribution in [0.15, 0.2) is 24.5 Å². The maximum absolute atomic E-state index is 11.9. The maximum Gasteiger partial charge on any atom is 0.225 e. The number of carbonyl (C=O) groups is 1. The van der Waals surface area contributed by atoms with E-state index in [1.807, 2.05) is 6.07 Å². The van der Waals surface area contributed by atoms with Gasteiger partial charge in [0.2, 0.25) is 5.91 Å². The summed E-state index contributed by atoms with van der Waals surface area (Å²) < 4.78 is 10.7. The Balaban J connectivity index is 2.17. The topological polar surface area (TPSA) is 76.2 Å². The van der Waals surface area contributed by atoms with Gasteiger partial charge < -0.3 is 19.8 Å². The number of benzene rings is 1. The molecule has 1 atom stereocenters. The number of ether oxygens (including phenoxy) is 2. The lowest BCUT2D eigenvalue weighted by atomic mass is 9.89. The molecule has 0 bridgehead atoms. The van der Waals surface area contributed by atoms with Crippen molar-refractivity contribution in [3.8, 4) is 11.5 Å². The molecular formula is C14H15N3O3. The molecule has 1 unspecified atom stereocenters. The van der Waals surface area contributed by atoms with Gasteiger partial charge in [-0.3, -0.25) is 4.79 Å². The number of nitrogens with zero attached hydrogens (tertiary/aromatic N) is 1. The first kappa shape index (κ1) is 12.5. The average molecular weight is 273 g/mol. The summed E-state index contributed by atoms with van der Waals surface area (Å²) in [6.45, 7) is 0. The Morgan fingerprint density at radius 3 is 2.80 bits per heavy atom. The van der Waals surface area contributed by atoms with Crippen molar-refractivity contribution in [2.45, 2.75) is 12.3 Å². The molecule has 0 radical (unpaired) electrons. The first-order chi connectivity index (χ1) is 9.72. The number of hydrogen-bond donors (Lipinski definition) is 2. The predicted octanol–water partition coefficient (Wildman–Crippen LogP) is 1.90. The first-order valence-electron chi connectivity index (χ1n) is 6.28. The monoisotopic (exact) mass is 273 g/mol. The number of H-pyrrole nitrogens is 1. The van der Waals surface area contributed by atoms with E-state index in [2.05, 4.69) is 15.3 Å². The van der Waals surface area contributed by atoms with Crippen molar-refractivity contribution in [1.82, 2.24) is 9.97 Å². The number of carbonyl (C=O) groups excluding carboxylic acids is 1. The molecule has 1 aromatic carbocycles. The van der Waals surface area contributed by atoms with Crippen molar-refractivity contribution >= 4 is 11.6 Å². The van der Waals surface area contributed by atoms with Gasteiger partial charge in [-0.15, -0.1) is 0 Å². The van der Waals surface area contributed by atoms with Crippen LogP contribution in [0, 0.1) is 0 Å². The molecule has 1 aliphatic rings. The molecule has 6 nitrogen and oxygen atoms in total. The molecule has 0 spiro atoms. The summed E-state index contributed by atoms with van der Waals surface area (Å²) in [5, 5.41) is 2.86. The quantitative estimate of drug-likeness (QED) is 0.895. The zero-order valence-corrected chi connectivity index (χ0v) is 11.3.